The molecule has 118 valence electrons. The first kappa shape index (κ1) is 17.0. The third-order valence-corrected chi connectivity index (χ3v) is 5.57. The zero-order valence-corrected chi connectivity index (χ0v) is 15.0. The van der Waals surface area contributed by atoms with E-state index in [0.29, 0.717) is 6.04 Å². The lowest BCUT2D eigenvalue weighted by Gasteiger charge is -2.36. The summed E-state index contributed by atoms with van der Waals surface area (Å²) in [5, 5.41) is 0. The normalized spacial score (nSPS) is 19.7. The third kappa shape index (κ3) is 4.54. The molecule has 2 atom stereocenters. The van der Waals surface area contributed by atoms with Crippen molar-refractivity contribution in [2.45, 2.75) is 57.5 Å². The van der Waals surface area contributed by atoms with Gasteiger partial charge in [0.25, 0.3) is 0 Å². The van der Waals surface area contributed by atoms with Gasteiger partial charge in [0.15, 0.2) is 0 Å². The SMILES string of the molecule is CCC(N)C(c1ccccc1Br)N(C)CC1CCCCC1. The molecule has 2 unspecified atom stereocenters. The smallest absolute Gasteiger partial charge is 0.0507 e. The number of hydrogen-bond acceptors (Lipinski definition) is 2. The maximum atomic E-state index is 6.46. The van der Waals surface area contributed by atoms with Gasteiger partial charge >= 0.3 is 0 Å². The minimum absolute atomic E-state index is 0.178. The summed E-state index contributed by atoms with van der Waals surface area (Å²) in [6.07, 6.45) is 7.99. The highest BCUT2D eigenvalue weighted by Gasteiger charge is 2.27. The number of likely N-dealkylation sites (N-methyl/N-ethyl adjacent to an activating group) is 1. The molecule has 1 fully saturated rings. The van der Waals surface area contributed by atoms with Crippen LogP contribution in [0.25, 0.3) is 0 Å². The number of nitrogens with two attached hydrogens (primary N) is 1. The summed E-state index contributed by atoms with van der Waals surface area (Å²) in [5.74, 6) is 0.845. The van der Waals surface area contributed by atoms with Crippen molar-refractivity contribution in [3.63, 3.8) is 0 Å². The Hall–Kier alpha value is -0.380. The quantitative estimate of drug-likeness (QED) is 0.800. The van der Waals surface area contributed by atoms with Gasteiger partial charge in [-0.25, -0.2) is 0 Å². The van der Waals surface area contributed by atoms with Crippen molar-refractivity contribution in [2.24, 2.45) is 11.7 Å². The highest BCUT2D eigenvalue weighted by Crippen LogP contribution is 2.32. The number of nitrogens with zero attached hydrogens (tertiary/aromatic N) is 1. The Labute approximate surface area is 138 Å². The van der Waals surface area contributed by atoms with Gasteiger partial charge < -0.3 is 5.73 Å². The Morgan fingerprint density at radius 2 is 1.90 bits per heavy atom. The fraction of sp³-hybridized carbons (Fsp3) is 0.667. The van der Waals surface area contributed by atoms with Gasteiger partial charge in [-0.15, -0.1) is 0 Å². The molecule has 1 aliphatic carbocycles. The Bertz CT molecular complexity index is 429. The summed E-state index contributed by atoms with van der Waals surface area (Å²) in [4.78, 5) is 2.49. The van der Waals surface area contributed by atoms with Gasteiger partial charge in [-0.3, -0.25) is 4.90 Å². The van der Waals surface area contributed by atoms with E-state index in [9.17, 15) is 0 Å². The van der Waals surface area contributed by atoms with E-state index < -0.39 is 0 Å². The molecule has 1 saturated carbocycles. The average Bonchev–Trinajstić information content (AvgIpc) is 2.50. The van der Waals surface area contributed by atoms with Crippen molar-refractivity contribution in [1.29, 1.82) is 0 Å². The summed E-state index contributed by atoms with van der Waals surface area (Å²) >= 11 is 3.71. The first-order valence-electron chi connectivity index (χ1n) is 8.33. The van der Waals surface area contributed by atoms with Crippen molar-refractivity contribution >= 4 is 15.9 Å². The molecule has 2 rings (SSSR count). The van der Waals surface area contributed by atoms with Crippen LogP contribution in [0.3, 0.4) is 0 Å². The van der Waals surface area contributed by atoms with Crippen molar-refractivity contribution in [3.05, 3.63) is 34.3 Å². The van der Waals surface area contributed by atoms with E-state index in [1.807, 2.05) is 0 Å². The van der Waals surface area contributed by atoms with Crippen molar-refractivity contribution < 1.29 is 0 Å². The molecule has 3 heteroatoms. The van der Waals surface area contributed by atoms with E-state index in [1.54, 1.807) is 0 Å². The lowest BCUT2D eigenvalue weighted by atomic mass is 9.87. The van der Waals surface area contributed by atoms with Crippen LogP contribution in [0.15, 0.2) is 28.7 Å². The molecule has 2 N–H and O–H groups in total. The molecule has 0 heterocycles. The number of hydrogen-bond donors (Lipinski definition) is 1. The van der Waals surface area contributed by atoms with Crippen molar-refractivity contribution in [2.75, 3.05) is 13.6 Å². The number of rotatable bonds is 6. The Balaban J connectivity index is 2.13. The van der Waals surface area contributed by atoms with Crippen LogP contribution >= 0.6 is 15.9 Å². The van der Waals surface area contributed by atoms with E-state index in [1.165, 1.54) is 48.7 Å². The molecule has 0 aliphatic heterocycles. The fourth-order valence-corrected chi connectivity index (χ4v) is 4.14. The molecule has 21 heavy (non-hydrogen) atoms. The highest BCUT2D eigenvalue weighted by molar-refractivity contribution is 9.10. The lowest BCUT2D eigenvalue weighted by Crippen LogP contribution is -2.41. The monoisotopic (exact) mass is 352 g/mol. The van der Waals surface area contributed by atoms with Gasteiger partial charge in [0.1, 0.15) is 0 Å². The van der Waals surface area contributed by atoms with Crippen molar-refractivity contribution in [3.8, 4) is 0 Å². The van der Waals surface area contributed by atoms with Gasteiger partial charge in [-0.2, -0.15) is 0 Å². The largest absolute Gasteiger partial charge is 0.326 e. The Morgan fingerprint density at radius 1 is 1.24 bits per heavy atom. The predicted octanol–water partition coefficient (Wildman–Crippen LogP) is 4.74. The second-order valence-electron chi connectivity index (χ2n) is 6.48. The van der Waals surface area contributed by atoms with Gasteiger partial charge in [0.2, 0.25) is 0 Å². The zero-order chi connectivity index (χ0) is 15.2. The van der Waals surface area contributed by atoms with Gasteiger partial charge in [0, 0.05) is 17.1 Å². The standard InChI is InChI=1S/C18H29BrN2/c1-3-17(20)18(15-11-7-8-12-16(15)19)21(2)13-14-9-5-4-6-10-14/h7-8,11-12,14,17-18H,3-6,9-10,13,20H2,1-2H3. The molecule has 0 saturated heterocycles. The maximum Gasteiger partial charge on any atom is 0.0507 e. The van der Waals surface area contributed by atoms with Gasteiger partial charge in [-0.05, 0) is 43.9 Å². The van der Waals surface area contributed by atoms with Crippen LogP contribution in [0.4, 0.5) is 0 Å². The molecule has 0 bridgehead atoms. The van der Waals surface area contributed by atoms with Gasteiger partial charge in [0.05, 0.1) is 6.04 Å². The van der Waals surface area contributed by atoms with Crippen LogP contribution in [-0.2, 0) is 0 Å². The maximum absolute atomic E-state index is 6.46. The topological polar surface area (TPSA) is 29.3 Å². The second-order valence-corrected chi connectivity index (χ2v) is 7.34. The first-order chi connectivity index (χ1) is 10.1. The van der Waals surface area contributed by atoms with Crippen LogP contribution in [0, 0.1) is 5.92 Å². The number of halogens is 1. The van der Waals surface area contributed by atoms with E-state index in [4.69, 9.17) is 5.73 Å². The first-order valence-corrected chi connectivity index (χ1v) is 9.13. The minimum Gasteiger partial charge on any atom is -0.326 e. The molecule has 1 aromatic carbocycles. The molecule has 2 nitrogen and oxygen atoms in total. The lowest BCUT2D eigenvalue weighted by molar-refractivity contribution is 0.160. The molecule has 0 amide bonds. The fourth-order valence-electron chi connectivity index (χ4n) is 3.62. The number of benzene rings is 1. The van der Waals surface area contributed by atoms with Crippen molar-refractivity contribution in [1.82, 2.24) is 4.90 Å². The van der Waals surface area contributed by atoms with Crippen LogP contribution in [0.5, 0.6) is 0 Å². The second kappa shape index (κ2) is 8.30. The molecule has 0 spiro atoms. The summed E-state index contributed by atoms with van der Waals surface area (Å²) < 4.78 is 1.18. The molecule has 0 aromatic heterocycles. The van der Waals surface area contributed by atoms with Crippen LogP contribution in [0.2, 0.25) is 0 Å². The van der Waals surface area contributed by atoms with E-state index in [2.05, 4.69) is 59.1 Å². The van der Waals surface area contributed by atoms with E-state index in [0.717, 1.165) is 12.3 Å². The zero-order valence-electron chi connectivity index (χ0n) is 13.4. The summed E-state index contributed by atoms with van der Waals surface area (Å²) in [7, 11) is 2.24. The molecule has 1 aliphatic rings. The molecular formula is C18H29BrN2. The predicted molar refractivity (Wildman–Crippen MR) is 94.4 cm³/mol. The molecule has 0 radical (unpaired) electrons. The Morgan fingerprint density at radius 3 is 2.52 bits per heavy atom. The third-order valence-electron chi connectivity index (χ3n) is 4.85. The highest BCUT2D eigenvalue weighted by atomic mass is 79.9. The summed E-state index contributed by atoms with van der Waals surface area (Å²) in [6.45, 7) is 3.35. The minimum atomic E-state index is 0.178. The van der Waals surface area contributed by atoms with Crippen LogP contribution in [-0.4, -0.2) is 24.5 Å². The molecule has 1 aromatic rings. The van der Waals surface area contributed by atoms with E-state index >= 15 is 0 Å². The molecular weight excluding hydrogens is 324 g/mol. The average molecular weight is 353 g/mol. The van der Waals surface area contributed by atoms with Crippen LogP contribution < -0.4 is 5.73 Å². The van der Waals surface area contributed by atoms with E-state index in [-0.39, 0.29) is 6.04 Å². The van der Waals surface area contributed by atoms with Crippen LogP contribution in [0.1, 0.15) is 57.1 Å². The summed E-state index contributed by atoms with van der Waals surface area (Å²) in [6, 6.07) is 9.00. The summed E-state index contributed by atoms with van der Waals surface area (Å²) in [5.41, 5.74) is 7.79. The van der Waals surface area contributed by atoms with Gasteiger partial charge in [-0.1, -0.05) is 60.3 Å². The Kier molecular flexibility index (Phi) is 6.72.